The zero-order valence-electron chi connectivity index (χ0n) is 17.5. The molecule has 0 unspecified atom stereocenters. The van der Waals surface area contributed by atoms with Gasteiger partial charge < -0.3 is 25.4 Å². The number of benzene rings is 1. The van der Waals surface area contributed by atoms with Crippen molar-refractivity contribution in [3.8, 4) is 22.8 Å². The molecule has 164 valence electrons. The molecule has 1 saturated heterocycles. The molecule has 0 radical (unpaired) electrons. The van der Waals surface area contributed by atoms with Crippen LogP contribution in [0.5, 0.6) is 11.5 Å². The maximum absolute atomic E-state index is 11.8. The van der Waals surface area contributed by atoms with Crippen LogP contribution in [0.15, 0.2) is 35.1 Å². The number of nitrogens with zero attached hydrogens (tertiary/aromatic N) is 4. The van der Waals surface area contributed by atoms with Crippen LogP contribution < -0.4 is 25.4 Å². The average Bonchev–Trinajstić information content (AvgIpc) is 3.40. The number of anilines is 1. The number of imidazole rings is 1. The number of hydrogen-bond donors (Lipinski definition) is 2. The molecule has 2 aromatic heterocycles. The third-order valence-electron chi connectivity index (χ3n) is 5.31. The Bertz CT molecular complexity index is 1100. The molecule has 3 N–H and O–H groups in total. The van der Waals surface area contributed by atoms with E-state index in [9.17, 15) is 4.79 Å². The summed E-state index contributed by atoms with van der Waals surface area (Å²) >= 11 is 3.53. The number of nitrogens with two attached hydrogens (primary N) is 1. The third kappa shape index (κ3) is 4.45. The number of methoxy groups -OCH3 is 2. The fraction of sp³-hybridized carbons (Fsp3) is 0.381. The summed E-state index contributed by atoms with van der Waals surface area (Å²) in [5, 5.41) is 3.03. The van der Waals surface area contributed by atoms with Crippen molar-refractivity contribution in [1.29, 1.82) is 0 Å². The Morgan fingerprint density at radius 1 is 1.29 bits per heavy atom. The Hall–Kier alpha value is -2.85. The van der Waals surface area contributed by atoms with E-state index in [0.717, 1.165) is 34.5 Å². The van der Waals surface area contributed by atoms with Crippen molar-refractivity contribution in [2.24, 2.45) is 5.73 Å². The number of amides is 1. The molecule has 31 heavy (non-hydrogen) atoms. The molecule has 3 heterocycles. The van der Waals surface area contributed by atoms with Gasteiger partial charge in [0.25, 0.3) is 0 Å². The van der Waals surface area contributed by atoms with Gasteiger partial charge in [0, 0.05) is 56.1 Å². The molecule has 3 aromatic rings. The first-order valence-corrected chi connectivity index (χ1v) is 10.8. The van der Waals surface area contributed by atoms with E-state index in [1.54, 1.807) is 14.2 Å². The summed E-state index contributed by atoms with van der Waals surface area (Å²) in [6, 6.07) is 5.82. The first-order valence-electron chi connectivity index (χ1n) is 10.0. The number of nitrogens with one attached hydrogen (secondary N) is 1. The highest BCUT2D eigenvalue weighted by atomic mass is 79.9. The summed E-state index contributed by atoms with van der Waals surface area (Å²) in [5.74, 6) is 2.78. The SMILES string of the molecule is COc1cc(OC)c(-c2cn3ccc(N4CC[C@H](NC(=O)CCN)C4)nc3n2)cc1Br. The number of carbonyl (C=O) groups is 1. The molecule has 1 aliphatic heterocycles. The third-order valence-corrected chi connectivity index (χ3v) is 5.93. The lowest BCUT2D eigenvalue weighted by Gasteiger charge is -2.17. The second kappa shape index (κ2) is 9.11. The Balaban J connectivity index is 1.57. The standard InChI is InChI=1S/C21H25BrN6O3/c1-30-17-10-18(31-2)15(22)9-14(17)16-12-28-8-5-19(26-21(28)25-16)27-7-4-13(11-27)24-20(29)3-6-23/h5,8-10,12-13H,3-4,6-7,11,23H2,1-2H3,(H,24,29)/t13-/m0/s1. The van der Waals surface area contributed by atoms with Crippen LogP contribution in [-0.2, 0) is 4.79 Å². The molecule has 1 atom stereocenters. The Kier molecular flexibility index (Phi) is 6.28. The van der Waals surface area contributed by atoms with Gasteiger partial charge in [0.15, 0.2) is 0 Å². The molecule has 1 amide bonds. The van der Waals surface area contributed by atoms with Gasteiger partial charge in [-0.15, -0.1) is 0 Å². The summed E-state index contributed by atoms with van der Waals surface area (Å²) in [6.45, 7) is 1.90. The Morgan fingerprint density at radius 2 is 2.10 bits per heavy atom. The van der Waals surface area contributed by atoms with Crippen molar-refractivity contribution in [2.45, 2.75) is 18.9 Å². The van der Waals surface area contributed by atoms with Crippen LogP contribution >= 0.6 is 15.9 Å². The Morgan fingerprint density at radius 3 is 2.84 bits per heavy atom. The number of hydrogen-bond acceptors (Lipinski definition) is 7. The molecular weight excluding hydrogens is 464 g/mol. The number of carbonyl (C=O) groups excluding carboxylic acids is 1. The van der Waals surface area contributed by atoms with E-state index in [1.165, 1.54) is 0 Å². The van der Waals surface area contributed by atoms with Crippen molar-refractivity contribution in [3.05, 3.63) is 35.1 Å². The predicted molar refractivity (Wildman–Crippen MR) is 122 cm³/mol. The van der Waals surface area contributed by atoms with E-state index in [-0.39, 0.29) is 11.9 Å². The normalized spacial score (nSPS) is 16.0. The zero-order valence-corrected chi connectivity index (χ0v) is 19.1. The topological polar surface area (TPSA) is 107 Å². The summed E-state index contributed by atoms with van der Waals surface area (Å²) in [7, 11) is 3.23. The summed E-state index contributed by atoms with van der Waals surface area (Å²) in [6.07, 6.45) is 5.09. The number of aromatic nitrogens is 3. The second-order valence-corrected chi connectivity index (χ2v) is 8.20. The lowest BCUT2D eigenvalue weighted by atomic mass is 10.1. The van der Waals surface area contributed by atoms with Crippen molar-refractivity contribution in [1.82, 2.24) is 19.7 Å². The number of rotatable bonds is 7. The molecular formula is C21H25BrN6O3. The quantitative estimate of drug-likeness (QED) is 0.524. The summed E-state index contributed by atoms with van der Waals surface area (Å²) in [4.78, 5) is 23.4. The van der Waals surface area contributed by atoms with Crippen LogP contribution in [-0.4, -0.2) is 60.2 Å². The lowest BCUT2D eigenvalue weighted by Crippen LogP contribution is -2.38. The minimum absolute atomic E-state index is 0.00439. The van der Waals surface area contributed by atoms with Gasteiger partial charge in [-0.25, -0.2) is 4.98 Å². The van der Waals surface area contributed by atoms with Crippen molar-refractivity contribution in [2.75, 3.05) is 38.8 Å². The van der Waals surface area contributed by atoms with Crippen LogP contribution in [0.3, 0.4) is 0 Å². The second-order valence-electron chi connectivity index (χ2n) is 7.34. The van der Waals surface area contributed by atoms with Crippen molar-refractivity contribution < 1.29 is 14.3 Å². The van der Waals surface area contributed by atoms with Gasteiger partial charge in [0.05, 0.1) is 24.4 Å². The van der Waals surface area contributed by atoms with Gasteiger partial charge in [0.2, 0.25) is 11.7 Å². The minimum atomic E-state index is -0.00439. The zero-order chi connectivity index (χ0) is 22.0. The fourth-order valence-electron chi connectivity index (χ4n) is 3.75. The molecule has 0 aliphatic carbocycles. The van der Waals surface area contributed by atoms with Crippen LogP contribution in [0, 0.1) is 0 Å². The Labute approximate surface area is 188 Å². The average molecular weight is 489 g/mol. The number of fused-ring (bicyclic) bond motifs is 1. The van der Waals surface area contributed by atoms with Crippen LogP contribution in [0.25, 0.3) is 17.0 Å². The lowest BCUT2D eigenvalue weighted by molar-refractivity contribution is -0.121. The van der Waals surface area contributed by atoms with E-state index < -0.39 is 0 Å². The molecule has 0 saturated carbocycles. The molecule has 4 rings (SSSR count). The van der Waals surface area contributed by atoms with E-state index in [1.807, 2.05) is 35.0 Å². The smallest absolute Gasteiger partial charge is 0.236 e. The van der Waals surface area contributed by atoms with Gasteiger partial charge >= 0.3 is 0 Å². The molecule has 1 fully saturated rings. The molecule has 1 aromatic carbocycles. The highest BCUT2D eigenvalue weighted by molar-refractivity contribution is 9.10. The van der Waals surface area contributed by atoms with Crippen molar-refractivity contribution >= 4 is 33.4 Å². The summed E-state index contributed by atoms with van der Waals surface area (Å²) in [5.41, 5.74) is 7.04. The maximum atomic E-state index is 11.8. The van der Waals surface area contributed by atoms with Gasteiger partial charge in [-0.05, 0) is 34.5 Å². The van der Waals surface area contributed by atoms with Crippen molar-refractivity contribution in [3.63, 3.8) is 0 Å². The fourth-order valence-corrected chi connectivity index (χ4v) is 4.25. The first kappa shape index (κ1) is 21.4. The molecule has 1 aliphatic rings. The molecule has 9 nitrogen and oxygen atoms in total. The molecule has 0 spiro atoms. The van der Waals surface area contributed by atoms with Crippen LogP contribution in [0.1, 0.15) is 12.8 Å². The number of halogens is 1. The van der Waals surface area contributed by atoms with E-state index >= 15 is 0 Å². The predicted octanol–water partition coefficient (Wildman–Crippen LogP) is 2.22. The number of ether oxygens (including phenoxy) is 2. The van der Waals surface area contributed by atoms with Gasteiger partial charge in [-0.1, -0.05) is 0 Å². The molecule has 0 bridgehead atoms. The molecule has 10 heteroatoms. The van der Waals surface area contributed by atoms with Gasteiger partial charge in [-0.2, -0.15) is 4.98 Å². The monoisotopic (exact) mass is 488 g/mol. The van der Waals surface area contributed by atoms with E-state index in [0.29, 0.717) is 36.8 Å². The minimum Gasteiger partial charge on any atom is -0.496 e. The van der Waals surface area contributed by atoms with Gasteiger partial charge in [0.1, 0.15) is 17.3 Å². The highest BCUT2D eigenvalue weighted by Gasteiger charge is 2.25. The maximum Gasteiger partial charge on any atom is 0.236 e. The van der Waals surface area contributed by atoms with E-state index in [4.69, 9.17) is 25.2 Å². The highest BCUT2D eigenvalue weighted by Crippen LogP contribution is 2.38. The largest absolute Gasteiger partial charge is 0.496 e. The summed E-state index contributed by atoms with van der Waals surface area (Å²) < 4.78 is 13.6. The van der Waals surface area contributed by atoms with Crippen LogP contribution in [0.2, 0.25) is 0 Å². The van der Waals surface area contributed by atoms with E-state index in [2.05, 4.69) is 26.1 Å². The van der Waals surface area contributed by atoms with Crippen LogP contribution in [0.4, 0.5) is 5.82 Å². The first-order chi connectivity index (χ1) is 15.0. The van der Waals surface area contributed by atoms with Gasteiger partial charge in [-0.3, -0.25) is 9.20 Å².